The Balaban J connectivity index is 1.78. The molecule has 0 spiro atoms. The van der Waals surface area contributed by atoms with Crippen molar-refractivity contribution in [3.8, 4) is 23.0 Å². The van der Waals surface area contributed by atoms with E-state index >= 15 is 0 Å². The Morgan fingerprint density at radius 1 is 1.33 bits per heavy atom. The van der Waals surface area contributed by atoms with Crippen LogP contribution in [0, 0.1) is 0 Å². The molecule has 0 aliphatic carbocycles. The molecular formula is C15H15N5O. The lowest BCUT2D eigenvalue weighted by atomic mass is 9.97. The van der Waals surface area contributed by atoms with Gasteiger partial charge < -0.3 is 14.4 Å². The van der Waals surface area contributed by atoms with E-state index in [-0.39, 0.29) is 0 Å². The van der Waals surface area contributed by atoms with E-state index in [9.17, 15) is 0 Å². The molecule has 1 aliphatic heterocycles. The van der Waals surface area contributed by atoms with Gasteiger partial charge in [0.25, 0.3) is 5.89 Å². The second-order valence-corrected chi connectivity index (χ2v) is 5.17. The van der Waals surface area contributed by atoms with Crippen LogP contribution in [0.2, 0.25) is 0 Å². The van der Waals surface area contributed by atoms with Crippen molar-refractivity contribution in [1.29, 1.82) is 0 Å². The van der Waals surface area contributed by atoms with Crippen molar-refractivity contribution in [2.24, 2.45) is 7.05 Å². The fourth-order valence-electron chi connectivity index (χ4n) is 2.72. The molecule has 6 nitrogen and oxygen atoms in total. The van der Waals surface area contributed by atoms with E-state index in [1.165, 1.54) is 11.3 Å². The molecule has 1 N–H and O–H groups in total. The number of rotatable bonds is 2. The number of nitrogens with zero attached hydrogens (tertiary/aromatic N) is 4. The average Bonchev–Trinajstić information content (AvgIpc) is 3.15. The maximum Gasteiger partial charge on any atom is 0.258 e. The second kappa shape index (κ2) is 4.73. The largest absolute Gasteiger partial charge is 0.385 e. The van der Waals surface area contributed by atoms with Gasteiger partial charge in [-0.05, 0) is 30.5 Å². The third-order valence-corrected chi connectivity index (χ3v) is 3.80. The Bertz CT molecular complexity index is 789. The highest BCUT2D eigenvalue weighted by atomic mass is 16.5. The third-order valence-electron chi connectivity index (χ3n) is 3.80. The van der Waals surface area contributed by atoms with Gasteiger partial charge in [0.05, 0.1) is 12.5 Å². The molecule has 0 saturated carbocycles. The predicted molar refractivity (Wildman–Crippen MR) is 78.7 cm³/mol. The van der Waals surface area contributed by atoms with Crippen molar-refractivity contribution in [2.75, 3.05) is 11.9 Å². The molecule has 0 fully saturated rings. The third kappa shape index (κ3) is 1.99. The first-order chi connectivity index (χ1) is 10.3. The molecule has 0 saturated heterocycles. The zero-order valence-electron chi connectivity index (χ0n) is 11.7. The summed E-state index contributed by atoms with van der Waals surface area (Å²) in [6.45, 7) is 1.01. The number of aryl methyl sites for hydroxylation is 1. The monoisotopic (exact) mass is 281 g/mol. The second-order valence-electron chi connectivity index (χ2n) is 5.17. The summed E-state index contributed by atoms with van der Waals surface area (Å²) in [6, 6.07) is 6.14. The highest BCUT2D eigenvalue weighted by molar-refractivity contribution is 5.70. The van der Waals surface area contributed by atoms with Crippen LogP contribution in [0.1, 0.15) is 12.0 Å². The van der Waals surface area contributed by atoms with Crippen molar-refractivity contribution in [1.82, 2.24) is 19.7 Å². The maximum absolute atomic E-state index is 5.47. The molecule has 0 amide bonds. The summed E-state index contributed by atoms with van der Waals surface area (Å²) in [5, 5.41) is 7.49. The summed E-state index contributed by atoms with van der Waals surface area (Å²) in [5.74, 6) is 1.12. The normalized spacial score (nSPS) is 13.8. The molecule has 3 aromatic rings. The predicted octanol–water partition coefficient (Wildman–Crippen LogP) is 2.50. The standard InChI is InChI=1S/C15H15N5O/c1-20-9-16-8-13(20)14-18-15(21-19-14)11-4-2-6-12-10(11)5-3-7-17-12/h2,4,6,8-9,17H,3,5,7H2,1H3. The van der Waals surface area contributed by atoms with E-state index in [4.69, 9.17) is 4.52 Å². The minimum Gasteiger partial charge on any atom is -0.385 e. The van der Waals surface area contributed by atoms with E-state index < -0.39 is 0 Å². The first-order valence-electron chi connectivity index (χ1n) is 6.99. The van der Waals surface area contributed by atoms with Gasteiger partial charge in [-0.3, -0.25) is 0 Å². The van der Waals surface area contributed by atoms with E-state index in [0.717, 1.165) is 30.6 Å². The van der Waals surface area contributed by atoms with Gasteiger partial charge in [0.2, 0.25) is 5.82 Å². The highest BCUT2D eigenvalue weighted by Crippen LogP contribution is 2.32. The SMILES string of the molecule is Cn1cncc1-c1noc(-c2cccc3c2CCCN3)n1. The van der Waals surface area contributed by atoms with Crippen LogP contribution >= 0.6 is 0 Å². The van der Waals surface area contributed by atoms with Crippen molar-refractivity contribution in [2.45, 2.75) is 12.8 Å². The van der Waals surface area contributed by atoms with Gasteiger partial charge >= 0.3 is 0 Å². The van der Waals surface area contributed by atoms with Gasteiger partial charge in [0, 0.05) is 24.8 Å². The number of nitrogens with one attached hydrogen (secondary N) is 1. The number of hydrogen-bond acceptors (Lipinski definition) is 5. The summed E-state index contributed by atoms with van der Waals surface area (Å²) in [6.07, 6.45) is 5.60. The lowest BCUT2D eigenvalue weighted by Gasteiger charge is -2.19. The van der Waals surface area contributed by atoms with Crippen LogP contribution in [0.4, 0.5) is 5.69 Å². The summed E-state index contributed by atoms with van der Waals surface area (Å²) in [5.41, 5.74) is 4.27. The zero-order valence-corrected chi connectivity index (χ0v) is 11.7. The van der Waals surface area contributed by atoms with Crippen molar-refractivity contribution >= 4 is 5.69 Å². The van der Waals surface area contributed by atoms with E-state index in [0.29, 0.717) is 11.7 Å². The number of aromatic nitrogens is 4. The fourth-order valence-corrected chi connectivity index (χ4v) is 2.72. The smallest absolute Gasteiger partial charge is 0.258 e. The molecule has 1 aliphatic rings. The zero-order chi connectivity index (χ0) is 14.2. The Kier molecular flexibility index (Phi) is 2.73. The minimum atomic E-state index is 0.561. The van der Waals surface area contributed by atoms with Crippen LogP contribution in [-0.2, 0) is 13.5 Å². The van der Waals surface area contributed by atoms with Gasteiger partial charge in [-0.1, -0.05) is 11.2 Å². The molecule has 0 unspecified atom stereocenters. The molecule has 0 atom stereocenters. The quantitative estimate of drug-likeness (QED) is 0.781. The Morgan fingerprint density at radius 3 is 3.14 bits per heavy atom. The van der Waals surface area contributed by atoms with Crippen LogP contribution in [0.25, 0.3) is 23.0 Å². The van der Waals surface area contributed by atoms with Gasteiger partial charge in [-0.2, -0.15) is 4.98 Å². The molecule has 3 heterocycles. The summed E-state index contributed by atoms with van der Waals surface area (Å²) in [7, 11) is 1.91. The molecule has 6 heteroatoms. The van der Waals surface area contributed by atoms with Crippen molar-refractivity contribution in [3.05, 3.63) is 36.3 Å². The van der Waals surface area contributed by atoms with Crippen molar-refractivity contribution in [3.63, 3.8) is 0 Å². The number of benzene rings is 1. The first-order valence-corrected chi connectivity index (χ1v) is 6.99. The average molecular weight is 281 g/mol. The fraction of sp³-hybridized carbons (Fsp3) is 0.267. The molecule has 0 bridgehead atoms. The Morgan fingerprint density at radius 2 is 2.29 bits per heavy atom. The van der Waals surface area contributed by atoms with Crippen LogP contribution in [0.15, 0.2) is 35.2 Å². The maximum atomic E-state index is 5.47. The van der Waals surface area contributed by atoms with Crippen LogP contribution in [0.5, 0.6) is 0 Å². The first kappa shape index (κ1) is 12.1. The summed E-state index contributed by atoms with van der Waals surface area (Å²) < 4.78 is 7.34. The lowest BCUT2D eigenvalue weighted by Crippen LogP contribution is -2.12. The summed E-state index contributed by atoms with van der Waals surface area (Å²) in [4.78, 5) is 8.61. The molecule has 0 radical (unpaired) electrons. The molecule has 2 aromatic heterocycles. The van der Waals surface area contributed by atoms with E-state index in [1.54, 1.807) is 12.5 Å². The molecule has 106 valence electrons. The molecular weight excluding hydrogens is 266 g/mol. The van der Waals surface area contributed by atoms with Crippen LogP contribution < -0.4 is 5.32 Å². The summed E-state index contributed by atoms with van der Waals surface area (Å²) >= 11 is 0. The van der Waals surface area contributed by atoms with Crippen molar-refractivity contribution < 1.29 is 4.52 Å². The van der Waals surface area contributed by atoms with Gasteiger partial charge in [-0.25, -0.2) is 4.98 Å². The van der Waals surface area contributed by atoms with Crippen LogP contribution in [0.3, 0.4) is 0 Å². The van der Waals surface area contributed by atoms with E-state index in [2.05, 4.69) is 26.5 Å². The topological polar surface area (TPSA) is 68.8 Å². The highest BCUT2D eigenvalue weighted by Gasteiger charge is 2.19. The number of hydrogen-bond donors (Lipinski definition) is 1. The number of imidazole rings is 1. The number of anilines is 1. The molecule has 1 aromatic carbocycles. The van der Waals surface area contributed by atoms with Gasteiger partial charge in [-0.15, -0.1) is 0 Å². The number of fused-ring (bicyclic) bond motifs is 1. The lowest BCUT2D eigenvalue weighted by molar-refractivity contribution is 0.431. The molecule has 21 heavy (non-hydrogen) atoms. The van der Waals surface area contributed by atoms with E-state index in [1.807, 2.05) is 23.7 Å². The minimum absolute atomic E-state index is 0.561. The van der Waals surface area contributed by atoms with Gasteiger partial charge in [0.15, 0.2) is 0 Å². The molecule has 4 rings (SSSR count). The van der Waals surface area contributed by atoms with Crippen LogP contribution in [-0.4, -0.2) is 26.2 Å². The Hall–Kier alpha value is -2.63. The van der Waals surface area contributed by atoms with Gasteiger partial charge in [0.1, 0.15) is 5.69 Å². The Labute approximate surface area is 121 Å².